The maximum Gasteiger partial charge on any atom is 0.287 e. The number of aromatic nitrogens is 2. The number of nitrogens with one attached hydrogen (secondary N) is 1. The zero-order valence-corrected chi connectivity index (χ0v) is 15.5. The molecule has 1 N–H and O–H groups in total. The van der Waals surface area contributed by atoms with Gasteiger partial charge in [-0.1, -0.05) is 12.1 Å². The fourth-order valence-electron chi connectivity index (χ4n) is 2.68. The molecule has 0 radical (unpaired) electrons. The van der Waals surface area contributed by atoms with Crippen LogP contribution in [0.3, 0.4) is 0 Å². The number of aryl methyl sites for hydroxylation is 4. The highest BCUT2D eigenvalue weighted by Gasteiger charge is 2.13. The first-order valence-electron chi connectivity index (χ1n) is 8.49. The summed E-state index contributed by atoms with van der Waals surface area (Å²) in [6.07, 6.45) is 0. The minimum atomic E-state index is -0.262. The highest BCUT2D eigenvalue weighted by Crippen LogP contribution is 2.21. The number of amides is 1. The van der Waals surface area contributed by atoms with Crippen LogP contribution in [0.15, 0.2) is 40.8 Å². The lowest BCUT2D eigenvalue weighted by Crippen LogP contribution is -2.23. The lowest BCUT2D eigenvalue weighted by Gasteiger charge is -2.08. The molecule has 26 heavy (non-hydrogen) atoms. The van der Waals surface area contributed by atoms with Gasteiger partial charge in [0.2, 0.25) is 0 Å². The van der Waals surface area contributed by atoms with E-state index in [1.807, 2.05) is 52.1 Å². The van der Waals surface area contributed by atoms with Crippen molar-refractivity contribution in [2.24, 2.45) is 7.05 Å². The van der Waals surface area contributed by atoms with Crippen LogP contribution in [-0.2, 0) is 20.2 Å². The lowest BCUT2D eigenvalue weighted by atomic mass is 10.1. The molecular formula is C20H23N3O3. The minimum Gasteiger partial charge on any atom is -0.485 e. The predicted molar refractivity (Wildman–Crippen MR) is 98.1 cm³/mol. The fourth-order valence-corrected chi connectivity index (χ4v) is 2.68. The van der Waals surface area contributed by atoms with Crippen molar-refractivity contribution in [1.82, 2.24) is 15.1 Å². The Labute approximate surface area is 152 Å². The van der Waals surface area contributed by atoms with Gasteiger partial charge < -0.3 is 14.5 Å². The van der Waals surface area contributed by atoms with Gasteiger partial charge in [-0.15, -0.1) is 0 Å². The van der Waals surface area contributed by atoms with Crippen molar-refractivity contribution < 1.29 is 13.9 Å². The van der Waals surface area contributed by atoms with Crippen molar-refractivity contribution in [3.63, 3.8) is 0 Å². The van der Waals surface area contributed by atoms with Crippen molar-refractivity contribution in [2.75, 3.05) is 0 Å². The third-order valence-electron chi connectivity index (χ3n) is 4.13. The number of rotatable bonds is 6. The van der Waals surface area contributed by atoms with E-state index in [-0.39, 0.29) is 18.3 Å². The highest BCUT2D eigenvalue weighted by atomic mass is 16.5. The van der Waals surface area contributed by atoms with E-state index >= 15 is 0 Å². The normalized spacial score (nSPS) is 10.8. The van der Waals surface area contributed by atoms with Crippen molar-refractivity contribution in [1.29, 1.82) is 0 Å². The maximum absolute atomic E-state index is 12.2. The van der Waals surface area contributed by atoms with Crippen LogP contribution in [-0.4, -0.2) is 15.7 Å². The molecule has 3 rings (SSSR count). The SMILES string of the molecule is Cc1ccc(C)c(OCc2ccc(C(=O)NCc3cc(C)nn3C)o2)c1. The largest absolute Gasteiger partial charge is 0.485 e. The van der Waals surface area contributed by atoms with Gasteiger partial charge in [-0.25, -0.2) is 0 Å². The summed E-state index contributed by atoms with van der Waals surface area (Å²) in [4.78, 5) is 12.2. The molecule has 0 aliphatic carbocycles. The molecule has 6 heteroatoms. The van der Waals surface area contributed by atoms with Gasteiger partial charge in [0.15, 0.2) is 5.76 Å². The second kappa shape index (κ2) is 7.47. The van der Waals surface area contributed by atoms with Crippen molar-refractivity contribution in [3.05, 3.63) is 70.4 Å². The molecule has 6 nitrogen and oxygen atoms in total. The number of ether oxygens (including phenoxy) is 1. The number of furan rings is 1. The Morgan fingerprint density at radius 3 is 2.73 bits per heavy atom. The van der Waals surface area contributed by atoms with Crippen LogP contribution in [0.2, 0.25) is 0 Å². The number of carbonyl (C=O) groups is 1. The number of nitrogens with zero attached hydrogens (tertiary/aromatic N) is 2. The van der Waals surface area contributed by atoms with Gasteiger partial charge in [-0.2, -0.15) is 5.10 Å². The molecule has 1 aromatic carbocycles. The van der Waals surface area contributed by atoms with E-state index in [1.165, 1.54) is 0 Å². The number of hydrogen-bond donors (Lipinski definition) is 1. The van der Waals surface area contributed by atoms with Crippen LogP contribution in [0.25, 0.3) is 0 Å². The van der Waals surface area contributed by atoms with Gasteiger partial charge in [0, 0.05) is 7.05 Å². The Morgan fingerprint density at radius 2 is 2.00 bits per heavy atom. The van der Waals surface area contributed by atoms with Crippen molar-refractivity contribution in [3.8, 4) is 5.75 Å². The first kappa shape index (κ1) is 17.8. The molecule has 3 aromatic rings. The summed E-state index contributed by atoms with van der Waals surface area (Å²) >= 11 is 0. The van der Waals surface area contributed by atoms with E-state index in [0.29, 0.717) is 12.3 Å². The molecule has 0 fully saturated rings. The Balaban J connectivity index is 1.57. The predicted octanol–water partition coefficient (Wildman–Crippen LogP) is 3.45. The molecular weight excluding hydrogens is 330 g/mol. The average molecular weight is 353 g/mol. The molecule has 0 bridgehead atoms. The summed E-state index contributed by atoms with van der Waals surface area (Å²) < 4.78 is 13.2. The zero-order chi connectivity index (χ0) is 18.7. The van der Waals surface area contributed by atoms with Crippen LogP contribution >= 0.6 is 0 Å². The molecule has 2 aromatic heterocycles. The molecule has 136 valence electrons. The number of benzene rings is 1. The van der Waals surface area contributed by atoms with Gasteiger partial charge in [0.05, 0.1) is 17.9 Å². The van der Waals surface area contributed by atoms with E-state index in [9.17, 15) is 4.79 Å². The third kappa shape index (κ3) is 4.14. The number of carbonyl (C=O) groups excluding carboxylic acids is 1. The second-order valence-electron chi connectivity index (χ2n) is 6.41. The van der Waals surface area contributed by atoms with Gasteiger partial charge >= 0.3 is 0 Å². The average Bonchev–Trinajstić information content (AvgIpc) is 3.20. The van der Waals surface area contributed by atoms with Crippen molar-refractivity contribution in [2.45, 2.75) is 33.9 Å². The molecule has 0 saturated heterocycles. The van der Waals surface area contributed by atoms with Crippen LogP contribution in [0.5, 0.6) is 5.75 Å². The van der Waals surface area contributed by atoms with Gasteiger partial charge in [0.25, 0.3) is 5.91 Å². The van der Waals surface area contributed by atoms with E-state index in [1.54, 1.807) is 16.8 Å². The molecule has 0 aliphatic rings. The molecule has 0 atom stereocenters. The molecule has 0 unspecified atom stereocenters. The van der Waals surface area contributed by atoms with E-state index in [4.69, 9.17) is 9.15 Å². The third-order valence-corrected chi connectivity index (χ3v) is 4.13. The first-order valence-corrected chi connectivity index (χ1v) is 8.49. The molecule has 0 aliphatic heterocycles. The summed E-state index contributed by atoms with van der Waals surface area (Å²) in [6, 6.07) is 11.4. The Morgan fingerprint density at radius 1 is 1.19 bits per heavy atom. The Bertz CT molecular complexity index is 924. The van der Waals surface area contributed by atoms with Crippen LogP contribution in [0, 0.1) is 20.8 Å². The van der Waals surface area contributed by atoms with Gasteiger partial charge in [-0.3, -0.25) is 9.48 Å². The summed E-state index contributed by atoms with van der Waals surface area (Å²) in [5.41, 5.74) is 4.05. The molecule has 0 spiro atoms. The van der Waals surface area contributed by atoms with Gasteiger partial charge in [0.1, 0.15) is 18.1 Å². The Kier molecular flexibility index (Phi) is 5.11. The smallest absolute Gasteiger partial charge is 0.287 e. The monoisotopic (exact) mass is 353 g/mol. The van der Waals surface area contributed by atoms with Crippen molar-refractivity contribution >= 4 is 5.91 Å². The quantitative estimate of drug-likeness (QED) is 0.737. The maximum atomic E-state index is 12.2. The first-order chi connectivity index (χ1) is 12.4. The van der Waals surface area contributed by atoms with Crippen LogP contribution < -0.4 is 10.1 Å². The standard InChI is InChI=1S/C20H23N3O3/c1-13-5-6-14(2)19(9-13)25-12-17-7-8-18(26-17)20(24)21-11-16-10-15(3)22-23(16)4/h5-10H,11-12H2,1-4H3,(H,21,24). The molecule has 2 heterocycles. The minimum absolute atomic E-state index is 0.262. The van der Waals surface area contributed by atoms with E-state index in [0.717, 1.165) is 28.3 Å². The second-order valence-corrected chi connectivity index (χ2v) is 6.41. The zero-order valence-electron chi connectivity index (χ0n) is 15.5. The summed E-state index contributed by atoms with van der Waals surface area (Å²) in [5.74, 6) is 1.43. The number of hydrogen-bond acceptors (Lipinski definition) is 4. The molecule has 0 saturated carbocycles. The summed E-state index contributed by atoms with van der Waals surface area (Å²) in [5, 5.41) is 7.10. The molecule has 1 amide bonds. The summed E-state index contributed by atoms with van der Waals surface area (Å²) in [7, 11) is 1.85. The lowest BCUT2D eigenvalue weighted by molar-refractivity contribution is 0.0918. The van der Waals surface area contributed by atoms with E-state index < -0.39 is 0 Å². The Hall–Kier alpha value is -3.02. The summed E-state index contributed by atoms with van der Waals surface area (Å²) in [6.45, 7) is 6.60. The highest BCUT2D eigenvalue weighted by molar-refractivity contribution is 5.91. The van der Waals surface area contributed by atoms with Crippen LogP contribution in [0.4, 0.5) is 0 Å². The topological polar surface area (TPSA) is 69.3 Å². The van der Waals surface area contributed by atoms with Gasteiger partial charge in [-0.05, 0) is 56.2 Å². The van der Waals surface area contributed by atoms with Crippen LogP contribution in [0.1, 0.15) is 38.8 Å². The fraction of sp³-hybridized carbons (Fsp3) is 0.300. The van der Waals surface area contributed by atoms with E-state index in [2.05, 4.69) is 10.4 Å².